The first-order chi connectivity index (χ1) is 7.11. The average molecular weight is 207 g/mol. The van der Waals surface area contributed by atoms with Gasteiger partial charge in [-0.15, -0.1) is 0 Å². The Balaban J connectivity index is 2.37. The molecule has 2 heterocycles. The number of rotatable bonds is 2. The lowest BCUT2D eigenvalue weighted by molar-refractivity contribution is -0.142. The van der Waals surface area contributed by atoms with E-state index in [4.69, 9.17) is 9.84 Å². The molecule has 3 atom stereocenters. The normalized spacial score (nSPS) is 25.5. The second-order valence-corrected chi connectivity index (χ2v) is 3.86. The van der Waals surface area contributed by atoms with Crippen LogP contribution in [-0.2, 0) is 4.79 Å². The topological polar surface area (TPSA) is 59.4 Å². The Morgan fingerprint density at radius 1 is 1.67 bits per heavy atom. The van der Waals surface area contributed by atoms with E-state index < -0.39 is 11.9 Å². The van der Waals surface area contributed by atoms with Gasteiger partial charge in [-0.25, -0.2) is 0 Å². The van der Waals surface area contributed by atoms with Gasteiger partial charge in [-0.3, -0.25) is 9.78 Å². The van der Waals surface area contributed by atoms with Crippen LogP contribution in [0.5, 0.6) is 5.75 Å². The number of fused-ring (bicyclic) bond motifs is 1. The number of hydrogen-bond donors (Lipinski definition) is 1. The van der Waals surface area contributed by atoms with Crippen LogP contribution in [-0.4, -0.2) is 22.2 Å². The molecule has 4 nitrogen and oxygen atoms in total. The number of hydrogen-bond acceptors (Lipinski definition) is 3. The first kappa shape index (κ1) is 9.96. The predicted molar refractivity (Wildman–Crippen MR) is 53.9 cm³/mol. The zero-order chi connectivity index (χ0) is 11.0. The molecule has 4 heteroatoms. The molecule has 1 aromatic rings. The molecule has 0 aliphatic carbocycles. The fraction of sp³-hybridized carbons (Fsp3) is 0.455. The lowest BCUT2D eigenvalue weighted by Gasteiger charge is -2.17. The third-order valence-electron chi connectivity index (χ3n) is 2.86. The fourth-order valence-electron chi connectivity index (χ4n) is 2.05. The van der Waals surface area contributed by atoms with Gasteiger partial charge in [-0.05, 0) is 19.1 Å². The minimum atomic E-state index is -0.811. The summed E-state index contributed by atoms with van der Waals surface area (Å²) in [5, 5.41) is 9.00. The smallest absolute Gasteiger partial charge is 0.307 e. The Morgan fingerprint density at radius 2 is 2.40 bits per heavy atom. The standard InChI is InChI=1S/C11H13NO3/c1-6(11(13)14)9-7(2)15-8-4-3-5-12-10(8)9/h3-7,9H,1-2H3,(H,13,14)/t6?,7-,9-/m1/s1. The van der Waals surface area contributed by atoms with Gasteiger partial charge in [0.2, 0.25) is 0 Å². The molecule has 0 saturated carbocycles. The Bertz CT molecular complexity index is 391. The highest BCUT2D eigenvalue weighted by molar-refractivity contribution is 5.71. The molecule has 0 amide bonds. The van der Waals surface area contributed by atoms with E-state index in [0.29, 0.717) is 5.75 Å². The van der Waals surface area contributed by atoms with E-state index in [2.05, 4.69) is 4.98 Å². The van der Waals surface area contributed by atoms with Crippen LogP contribution in [0.25, 0.3) is 0 Å². The van der Waals surface area contributed by atoms with Gasteiger partial charge in [0.05, 0.1) is 17.5 Å². The van der Waals surface area contributed by atoms with Crippen LogP contribution in [0.2, 0.25) is 0 Å². The number of carbonyl (C=O) groups is 1. The second-order valence-electron chi connectivity index (χ2n) is 3.86. The zero-order valence-electron chi connectivity index (χ0n) is 8.68. The van der Waals surface area contributed by atoms with E-state index in [-0.39, 0.29) is 12.0 Å². The third kappa shape index (κ3) is 1.56. The van der Waals surface area contributed by atoms with Gasteiger partial charge < -0.3 is 9.84 Å². The van der Waals surface area contributed by atoms with Gasteiger partial charge >= 0.3 is 5.97 Å². The summed E-state index contributed by atoms with van der Waals surface area (Å²) < 4.78 is 5.56. The second kappa shape index (κ2) is 3.53. The highest BCUT2D eigenvalue weighted by Gasteiger charge is 2.39. The highest BCUT2D eigenvalue weighted by Crippen LogP contribution is 2.40. The van der Waals surface area contributed by atoms with E-state index in [1.165, 1.54) is 0 Å². The maximum absolute atomic E-state index is 11.0. The molecule has 1 aliphatic heterocycles. The molecule has 0 bridgehead atoms. The number of pyridine rings is 1. The van der Waals surface area contributed by atoms with Gasteiger partial charge in [-0.1, -0.05) is 6.92 Å². The van der Waals surface area contributed by atoms with Crippen LogP contribution < -0.4 is 4.74 Å². The first-order valence-corrected chi connectivity index (χ1v) is 4.95. The number of carboxylic acid groups (broad SMARTS) is 1. The summed E-state index contributed by atoms with van der Waals surface area (Å²) in [6, 6.07) is 3.62. The van der Waals surface area contributed by atoms with Gasteiger partial charge in [0.1, 0.15) is 11.9 Å². The van der Waals surface area contributed by atoms with Crippen LogP contribution in [0.3, 0.4) is 0 Å². The summed E-state index contributed by atoms with van der Waals surface area (Å²) in [6.45, 7) is 3.57. The van der Waals surface area contributed by atoms with Gasteiger partial charge in [0.15, 0.2) is 0 Å². The molecular formula is C11H13NO3. The number of aliphatic carboxylic acids is 1. The zero-order valence-corrected chi connectivity index (χ0v) is 8.68. The Morgan fingerprint density at radius 3 is 3.07 bits per heavy atom. The van der Waals surface area contributed by atoms with Crippen molar-refractivity contribution in [1.29, 1.82) is 0 Å². The summed E-state index contributed by atoms with van der Waals surface area (Å²) in [7, 11) is 0. The van der Waals surface area contributed by atoms with Crippen molar-refractivity contribution >= 4 is 5.97 Å². The van der Waals surface area contributed by atoms with Crippen molar-refractivity contribution in [2.75, 3.05) is 0 Å². The van der Waals surface area contributed by atoms with Crippen LogP contribution in [0.15, 0.2) is 18.3 Å². The molecule has 0 fully saturated rings. The number of ether oxygens (including phenoxy) is 1. The molecule has 2 rings (SSSR count). The van der Waals surface area contributed by atoms with Gasteiger partial charge in [0.25, 0.3) is 0 Å². The van der Waals surface area contributed by atoms with Crippen molar-refractivity contribution in [2.24, 2.45) is 5.92 Å². The van der Waals surface area contributed by atoms with Crippen molar-refractivity contribution in [3.63, 3.8) is 0 Å². The average Bonchev–Trinajstić information content (AvgIpc) is 2.52. The number of aromatic nitrogens is 1. The van der Waals surface area contributed by atoms with Crippen molar-refractivity contribution in [2.45, 2.75) is 25.9 Å². The summed E-state index contributed by atoms with van der Waals surface area (Å²) in [5.41, 5.74) is 0.764. The van der Waals surface area contributed by atoms with E-state index >= 15 is 0 Å². The minimum absolute atomic E-state index is 0.124. The summed E-state index contributed by atoms with van der Waals surface area (Å²) in [5.74, 6) is -0.730. The molecule has 80 valence electrons. The van der Waals surface area contributed by atoms with Crippen LogP contribution in [0.4, 0.5) is 0 Å². The van der Waals surface area contributed by atoms with Crippen LogP contribution in [0, 0.1) is 5.92 Å². The largest absolute Gasteiger partial charge is 0.488 e. The van der Waals surface area contributed by atoms with Gasteiger partial charge in [-0.2, -0.15) is 0 Å². The van der Waals surface area contributed by atoms with Crippen LogP contribution in [0.1, 0.15) is 25.5 Å². The Kier molecular flexibility index (Phi) is 2.34. The highest BCUT2D eigenvalue weighted by atomic mass is 16.5. The molecule has 1 aliphatic rings. The van der Waals surface area contributed by atoms with Crippen molar-refractivity contribution in [3.8, 4) is 5.75 Å². The predicted octanol–water partition coefficient (Wildman–Crippen LogP) is 1.67. The molecule has 15 heavy (non-hydrogen) atoms. The monoisotopic (exact) mass is 207 g/mol. The number of carboxylic acids is 1. The molecule has 0 spiro atoms. The quantitative estimate of drug-likeness (QED) is 0.801. The van der Waals surface area contributed by atoms with Crippen molar-refractivity contribution in [1.82, 2.24) is 4.98 Å². The molecule has 0 aromatic carbocycles. The third-order valence-corrected chi connectivity index (χ3v) is 2.86. The maximum atomic E-state index is 11.0. The molecule has 1 aromatic heterocycles. The molecule has 1 N–H and O–H groups in total. The van der Waals surface area contributed by atoms with E-state index in [0.717, 1.165) is 5.69 Å². The van der Waals surface area contributed by atoms with Crippen LogP contribution >= 0.6 is 0 Å². The molecule has 0 saturated heterocycles. The first-order valence-electron chi connectivity index (χ1n) is 4.95. The van der Waals surface area contributed by atoms with Crippen molar-refractivity contribution in [3.05, 3.63) is 24.0 Å². The van der Waals surface area contributed by atoms with E-state index in [1.54, 1.807) is 19.2 Å². The Hall–Kier alpha value is -1.58. The van der Waals surface area contributed by atoms with Crippen molar-refractivity contribution < 1.29 is 14.6 Å². The number of nitrogens with zero attached hydrogens (tertiary/aromatic N) is 1. The van der Waals surface area contributed by atoms with Gasteiger partial charge in [0, 0.05) is 6.20 Å². The lowest BCUT2D eigenvalue weighted by atomic mass is 9.88. The fourth-order valence-corrected chi connectivity index (χ4v) is 2.05. The SMILES string of the molecule is CC(C(=O)O)[C@H]1c2ncccc2O[C@@H]1C. The maximum Gasteiger partial charge on any atom is 0.307 e. The summed E-state index contributed by atoms with van der Waals surface area (Å²) in [6.07, 6.45) is 1.54. The summed E-state index contributed by atoms with van der Waals surface area (Å²) in [4.78, 5) is 15.2. The lowest BCUT2D eigenvalue weighted by Crippen LogP contribution is -2.26. The molecule has 1 unspecified atom stereocenters. The van der Waals surface area contributed by atoms with E-state index in [1.807, 2.05) is 13.0 Å². The Labute approximate surface area is 87.9 Å². The van der Waals surface area contributed by atoms with E-state index in [9.17, 15) is 4.79 Å². The summed E-state index contributed by atoms with van der Waals surface area (Å²) >= 11 is 0. The molecular weight excluding hydrogens is 194 g/mol. The molecule has 0 radical (unpaired) electrons. The minimum Gasteiger partial charge on any atom is -0.488 e.